The van der Waals surface area contributed by atoms with Crippen LogP contribution >= 0.6 is 11.6 Å². The monoisotopic (exact) mass is 312 g/mol. The first-order chi connectivity index (χ1) is 10.4. The largest absolute Gasteiger partial charge is 0.127 e. The lowest BCUT2D eigenvalue weighted by molar-refractivity contribution is 0.282. The Morgan fingerprint density at radius 2 is 1.33 bits per heavy atom. The summed E-state index contributed by atoms with van der Waals surface area (Å²) in [5, 5.41) is 0. The minimum atomic E-state index is 0.860. The number of hydrogen-bond donors (Lipinski definition) is 0. The third-order valence-electron chi connectivity index (χ3n) is 6.19. The van der Waals surface area contributed by atoms with Crippen LogP contribution < -0.4 is 0 Å². The molecule has 0 bridgehead atoms. The molecular formula is C20H37Cl. The Hall–Kier alpha value is 0.290. The van der Waals surface area contributed by atoms with Crippen molar-refractivity contribution < 1.29 is 0 Å². The predicted molar refractivity (Wildman–Crippen MR) is 95.1 cm³/mol. The van der Waals surface area contributed by atoms with Crippen LogP contribution in [0.5, 0.6) is 0 Å². The van der Waals surface area contributed by atoms with Gasteiger partial charge in [-0.05, 0) is 24.2 Å². The van der Waals surface area contributed by atoms with Gasteiger partial charge in [0, 0.05) is 5.88 Å². The zero-order chi connectivity index (χ0) is 14.8. The highest BCUT2D eigenvalue weighted by atomic mass is 35.5. The SMILES string of the molecule is ClCCCCC(CCCCCC1CCCC1)C1CCCC1. The van der Waals surface area contributed by atoms with Crippen LogP contribution in [0.15, 0.2) is 0 Å². The fourth-order valence-electron chi connectivity index (χ4n) is 4.86. The van der Waals surface area contributed by atoms with Crippen molar-refractivity contribution in [1.82, 2.24) is 0 Å². The van der Waals surface area contributed by atoms with Gasteiger partial charge in [-0.15, -0.1) is 11.6 Å². The summed E-state index contributed by atoms with van der Waals surface area (Å²) in [7, 11) is 0. The number of hydrogen-bond acceptors (Lipinski definition) is 0. The van der Waals surface area contributed by atoms with E-state index < -0.39 is 0 Å². The predicted octanol–water partition coefficient (Wildman–Crippen LogP) is 7.34. The van der Waals surface area contributed by atoms with Crippen LogP contribution in [0, 0.1) is 17.8 Å². The molecule has 2 fully saturated rings. The highest BCUT2D eigenvalue weighted by Crippen LogP contribution is 2.37. The maximum Gasteiger partial charge on any atom is 0.0223 e. The van der Waals surface area contributed by atoms with Crippen molar-refractivity contribution in [2.45, 2.75) is 103 Å². The maximum atomic E-state index is 5.85. The number of rotatable bonds is 11. The Morgan fingerprint density at radius 1 is 0.714 bits per heavy atom. The van der Waals surface area contributed by atoms with Crippen LogP contribution in [0.1, 0.15) is 103 Å². The van der Waals surface area contributed by atoms with Crippen LogP contribution in [0.4, 0.5) is 0 Å². The van der Waals surface area contributed by atoms with Crippen molar-refractivity contribution in [3.05, 3.63) is 0 Å². The highest BCUT2D eigenvalue weighted by Gasteiger charge is 2.24. The van der Waals surface area contributed by atoms with E-state index in [0.29, 0.717) is 0 Å². The first-order valence-corrected chi connectivity index (χ1v) is 10.5. The van der Waals surface area contributed by atoms with E-state index in [-0.39, 0.29) is 0 Å². The Balaban J connectivity index is 1.56. The molecule has 2 saturated carbocycles. The Bertz CT molecular complexity index is 238. The molecule has 1 unspecified atom stereocenters. The van der Waals surface area contributed by atoms with Crippen molar-refractivity contribution in [3.8, 4) is 0 Å². The summed E-state index contributed by atoms with van der Waals surface area (Å²) in [5.41, 5.74) is 0. The molecule has 0 aromatic carbocycles. The lowest BCUT2D eigenvalue weighted by atomic mass is 9.82. The van der Waals surface area contributed by atoms with E-state index in [4.69, 9.17) is 11.6 Å². The molecule has 2 rings (SSSR count). The topological polar surface area (TPSA) is 0 Å². The van der Waals surface area contributed by atoms with Crippen LogP contribution in [-0.2, 0) is 0 Å². The van der Waals surface area contributed by atoms with Gasteiger partial charge in [0.2, 0.25) is 0 Å². The molecule has 124 valence electrons. The molecule has 0 amide bonds. The molecule has 0 saturated heterocycles. The van der Waals surface area contributed by atoms with E-state index in [1.807, 2.05) is 0 Å². The van der Waals surface area contributed by atoms with Crippen molar-refractivity contribution in [3.63, 3.8) is 0 Å². The molecule has 0 N–H and O–H groups in total. The zero-order valence-electron chi connectivity index (χ0n) is 14.1. The third-order valence-corrected chi connectivity index (χ3v) is 6.45. The Labute approximate surface area is 138 Å². The summed E-state index contributed by atoms with van der Waals surface area (Å²) >= 11 is 5.85. The van der Waals surface area contributed by atoms with Gasteiger partial charge in [0.15, 0.2) is 0 Å². The zero-order valence-corrected chi connectivity index (χ0v) is 14.9. The third kappa shape index (κ3) is 6.93. The smallest absolute Gasteiger partial charge is 0.0223 e. The van der Waals surface area contributed by atoms with Crippen LogP contribution in [-0.4, -0.2) is 5.88 Å². The molecule has 0 nitrogen and oxygen atoms in total. The second kappa shape index (κ2) is 10.9. The molecule has 1 atom stereocenters. The van der Waals surface area contributed by atoms with Crippen LogP contribution in [0.3, 0.4) is 0 Å². The summed E-state index contributed by atoms with van der Waals surface area (Å²) in [4.78, 5) is 0. The standard InChI is InChI=1S/C20H37Cl/c21-17-9-8-16-19(20-14-6-7-15-20)13-3-1-2-10-18-11-4-5-12-18/h18-20H,1-17H2. The lowest BCUT2D eigenvalue weighted by Gasteiger charge is -2.23. The Kier molecular flexibility index (Phi) is 9.18. The maximum absolute atomic E-state index is 5.85. The van der Waals surface area contributed by atoms with Crippen LogP contribution in [0.2, 0.25) is 0 Å². The van der Waals surface area contributed by atoms with Gasteiger partial charge in [0.1, 0.15) is 0 Å². The minimum absolute atomic E-state index is 0.860. The van der Waals surface area contributed by atoms with Gasteiger partial charge in [-0.2, -0.15) is 0 Å². The molecule has 2 aliphatic carbocycles. The summed E-state index contributed by atoms with van der Waals surface area (Å²) in [6.45, 7) is 0. The summed E-state index contributed by atoms with van der Waals surface area (Å²) < 4.78 is 0. The van der Waals surface area contributed by atoms with Gasteiger partial charge in [-0.25, -0.2) is 0 Å². The van der Waals surface area contributed by atoms with Gasteiger partial charge >= 0.3 is 0 Å². The van der Waals surface area contributed by atoms with Gasteiger partial charge < -0.3 is 0 Å². The fraction of sp³-hybridized carbons (Fsp3) is 1.00. The van der Waals surface area contributed by atoms with Crippen LogP contribution in [0.25, 0.3) is 0 Å². The van der Waals surface area contributed by atoms with Gasteiger partial charge in [-0.3, -0.25) is 0 Å². The van der Waals surface area contributed by atoms with Crippen molar-refractivity contribution in [2.75, 3.05) is 5.88 Å². The molecule has 0 aromatic heterocycles. The van der Waals surface area contributed by atoms with Crippen molar-refractivity contribution >= 4 is 11.6 Å². The highest BCUT2D eigenvalue weighted by molar-refractivity contribution is 6.17. The minimum Gasteiger partial charge on any atom is -0.127 e. The van der Waals surface area contributed by atoms with E-state index in [9.17, 15) is 0 Å². The van der Waals surface area contributed by atoms with Gasteiger partial charge in [0.05, 0.1) is 0 Å². The quantitative estimate of drug-likeness (QED) is 0.276. The van der Waals surface area contributed by atoms with Crippen molar-refractivity contribution in [1.29, 1.82) is 0 Å². The lowest BCUT2D eigenvalue weighted by Crippen LogP contribution is -2.12. The average molecular weight is 313 g/mol. The van der Waals surface area contributed by atoms with E-state index >= 15 is 0 Å². The summed E-state index contributed by atoms with van der Waals surface area (Å²) in [6, 6.07) is 0. The number of unbranched alkanes of at least 4 members (excludes halogenated alkanes) is 3. The van der Waals surface area contributed by atoms with E-state index in [2.05, 4.69) is 0 Å². The van der Waals surface area contributed by atoms with E-state index in [0.717, 1.165) is 23.6 Å². The molecule has 2 aliphatic rings. The van der Waals surface area contributed by atoms with Gasteiger partial charge in [0.25, 0.3) is 0 Å². The fourth-order valence-corrected chi connectivity index (χ4v) is 5.05. The molecule has 0 heterocycles. The first-order valence-electron chi connectivity index (χ1n) is 9.96. The summed E-state index contributed by atoms with van der Waals surface area (Å²) in [6.07, 6.45) is 23.7. The van der Waals surface area contributed by atoms with E-state index in [1.165, 1.54) is 103 Å². The molecule has 21 heavy (non-hydrogen) atoms. The number of alkyl halides is 1. The molecule has 0 aliphatic heterocycles. The second-order valence-corrected chi connectivity index (χ2v) is 8.16. The molecule has 0 spiro atoms. The average Bonchev–Trinajstić information content (AvgIpc) is 3.18. The molecule has 1 heteroatoms. The first kappa shape index (κ1) is 17.6. The molecule has 0 aromatic rings. The second-order valence-electron chi connectivity index (χ2n) is 7.78. The summed E-state index contributed by atoms with van der Waals surface area (Å²) in [5.74, 6) is 4.05. The Morgan fingerprint density at radius 3 is 2.00 bits per heavy atom. The molecule has 0 radical (unpaired) electrons. The van der Waals surface area contributed by atoms with Gasteiger partial charge in [-0.1, -0.05) is 96.3 Å². The normalized spacial score (nSPS) is 22.1. The van der Waals surface area contributed by atoms with Crippen molar-refractivity contribution in [2.24, 2.45) is 17.8 Å². The number of halogens is 1. The van der Waals surface area contributed by atoms with E-state index in [1.54, 1.807) is 0 Å². The molecular weight excluding hydrogens is 276 g/mol.